The summed E-state index contributed by atoms with van der Waals surface area (Å²) in [6.07, 6.45) is 2.63. The monoisotopic (exact) mass is 296 g/mol. The van der Waals surface area contributed by atoms with Gasteiger partial charge < -0.3 is 10.6 Å². The third-order valence-electron chi connectivity index (χ3n) is 3.48. The summed E-state index contributed by atoms with van der Waals surface area (Å²) in [7, 11) is 0. The first-order valence-corrected chi connectivity index (χ1v) is 7.17. The molecule has 3 heteroatoms. The van der Waals surface area contributed by atoms with Crippen LogP contribution >= 0.6 is 15.9 Å². The summed E-state index contributed by atoms with van der Waals surface area (Å²) in [6.45, 7) is 6.69. The molecule has 1 aliphatic rings. The summed E-state index contributed by atoms with van der Waals surface area (Å²) in [5, 5.41) is 0. The second-order valence-corrected chi connectivity index (χ2v) is 6.10. The van der Waals surface area contributed by atoms with Gasteiger partial charge in [-0.1, -0.05) is 28.9 Å². The van der Waals surface area contributed by atoms with E-state index in [1.165, 1.54) is 24.1 Å². The first kappa shape index (κ1) is 12.9. The first-order valence-electron chi connectivity index (χ1n) is 6.38. The molecule has 2 rings (SSSR count). The Bertz CT molecular complexity index is 390. The largest absolute Gasteiger partial charge is 0.371 e. The SMILES string of the molecule is CC1CCCN(c2cc(Br)ccc2C(C)N)C1. The Kier molecular flexibility index (Phi) is 4.10. The molecular formula is C14H21BrN2. The van der Waals surface area contributed by atoms with Gasteiger partial charge in [0.1, 0.15) is 0 Å². The predicted molar refractivity (Wildman–Crippen MR) is 77.4 cm³/mol. The topological polar surface area (TPSA) is 29.3 Å². The molecule has 1 aromatic rings. The Balaban J connectivity index is 2.32. The van der Waals surface area contributed by atoms with Crippen molar-refractivity contribution in [3.63, 3.8) is 0 Å². The van der Waals surface area contributed by atoms with Crippen LogP contribution in [0.25, 0.3) is 0 Å². The Morgan fingerprint density at radius 3 is 2.88 bits per heavy atom. The van der Waals surface area contributed by atoms with Crippen molar-refractivity contribution >= 4 is 21.6 Å². The molecule has 1 aliphatic heterocycles. The fraction of sp³-hybridized carbons (Fsp3) is 0.571. The lowest BCUT2D eigenvalue weighted by atomic mass is 9.97. The third-order valence-corrected chi connectivity index (χ3v) is 3.97. The van der Waals surface area contributed by atoms with Gasteiger partial charge in [0.2, 0.25) is 0 Å². The lowest BCUT2D eigenvalue weighted by Crippen LogP contribution is -2.35. The van der Waals surface area contributed by atoms with E-state index in [2.05, 4.69) is 52.9 Å². The normalized spacial score (nSPS) is 22.6. The van der Waals surface area contributed by atoms with Gasteiger partial charge in [0, 0.05) is 29.3 Å². The van der Waals surface area contributed by atoms with Gasteiger partial charge in [0.05, 0.1) is 0 Å². The van der Waals surface area contributed by atoms with Crippen LogP contribution in [0.15, 0.2) is 22.7 Å². The van der Waals surface area contributed by atoms with Gasteiger partial charge in [-0.3, -0.25) is 0 Å². The molecule has 0 saturated carbocycles. The Morgan fingerprint density at radius 2 is 2.24 bits per heavy atom. The summed E-state index contributed by atoms with van der Waals surface area (Å²) in [5.74, 6) is 0.781. The maximum absolute atomic E-state index is 6.06. The second kappa shape index (κ2) is 5.40. The van der Waals surface area contributed by atoms with E-state index in [0.29, 0.717) is 0 Å². The molecule has 1 heterocycles. The van der Waals surface area contributed by atoms with Crippen LogP contribution in [0.5, 0.6) is 0 Å². The van der Waals surface area contributed by atoms with E-state index in [1.54, 1.807) is 0 Å². The molecule has 2 nitrogen and oxygen atoms in total. The molecule has 0 bridgehead atoms. The number of rotatable bonds is 2. The zero-order valence-corrected chi connectivity index (χ0v) is 12.2. The molecule has 1 aromatic carbocycles. The maximum Gasteiger partial charge on any atom is 0.0425 e. The number of nitrogens with zero attached hydrogens (tertiary/aromatic N) is 1. The molecule has 0 amide bonds. The smallest absolute Gasteiger partial charge is 0.0425 e. The number of piperidine rings is 1. The van der Waals surface area contributed by atoms with Crippen LogP contribution in [0.4, 0.5) is 5.69 Å². The highest BCUT2D eigenvalue weighted by Gasteiger charge is 2.20. The summed E-state index contributed by atoms with van der Waals surface area (Å²) in [6, 6.07) is 6.52. The first-order chi connectivity index (χ1) is 8.08. The van der Waals surface area contributed by atoms with Crippen LogP contribution < -0.4 is 10.6 Å². The quantitative estimate of drug-likeness (QED) is 0.901. The fourth-order valence-corrected chi connectivity index (χ4v) is 2.93. The summed E-state index contributed by atoms with van der Waals surface area (Å²) in [4.78, 5) is 2.48. The van der Waals surface area contributed by atoms with Crippen molar-refractivity contribution in [3.05, 3.63) is 28.2 Å². The average molecular weight is 297 g/mol. The summed E-state index contributed by atoms with van der Waals surface area (Å²) < 4.78 is 1.13. The Hall–Kier alpha value is -0.540. The summed E-state index contributed by atoms with van der Waals surface area (Å²) in [5.41, 5.74) is 8.62. The molecule has 94 valence electrons. The zero-order chi connectivity index (χ0) is 12.4. The van der Waals surface area contributed by atoms with Gasteiger partial charge in [-0.2, -0.15) is 0 Å². The van der Waals surface area contributed by atoms with Crippen molar-refractivity contribution in [1.29, 1.82) is 0 Å². The lowest BCUT2D eigenvalue weighted by Gasteiger charge is -2.34. The van der Waals surface area contributed by atoms with E-state index in [0.717, 1.165) is 23.5 Å². The van der Waals surface area contributed by atoms with Crippen molar-refractivity contribution in [3.8, 4) is 0 Å². The predicted octanol–water partition coefficient (Wildman–Crippen LogP) is 3.71. The minimum absolute atomic E-state index is 0.0929. The molecule has 1 fully saturated rings. The molecule has 1 saturated heterocycles. The van der Waals surface area contributed by atoms with Crippen LogP contribution in [-0.4, -0.2) is 13.1 Å². The van der Waals surface area contributed by atoms with Gasteiger partial charge in [0.15, 0.2) is 0 Å². The molecule has 0 spiro atoms. The standard InChI is InChI=1S/C14H21BrN2/c1-10-4-3-7-17(9-10)14-8-12(15)5-6-13(14)11(2)16/h5-6,8,10-11H,3-4,7,9,16H2,1-2H3. The number of benzene rings is 1. The number of hydrogen-bond acceptors (Lipinski definition) is 2. The van der Waals surface area contributed by atoms with Gasteiger partial charge >= 0.3 is 0 Å². The number of hydrogen-bond donors (Lipinski definition) is 1. The highest BCUT2D eigenvalue weighted by Crippen LogP contribution is 2.31. The Labute approximate surface area is 112 Å². The number of nitrogens with two attached hydrogens (primary N) is 1. The molecule has 2 unspecified atom stereocenters. The van der Waals surface area contributed by atoms with E-state index in [9.17, 15) is 0 Å². The van der Waals surface area contributed by atoms with E-state index < -0.39 is 0 Å². The molecular weight excluding hydrogens is 276 g/mol. The van der Waals surface area contributed by atoms with Crippen molar-refractivity contribution in [2.24, 2.45) is 11.7 Å². The minimum Gasteiger partial charge on any atom is -0.371 e. The van der Waals surface area contributed by atoms with Crippen molar-refractivity contribution in [2.45, 2.75) is 32.7 Å². The zero-order valence-electron chi connectivity index (χ0n) is 10.6. The average Bonchev–Trinajstić information content (AvgIpc) is 2.28. The highest BCUT2D eigenvalue weighted by atomic mass is 79.9. The minimum atomic E-state index is 0.0929. The van der Waals surface area contributed by atoms with E-state index in [1.807, 2.05) is 0 Å². The maximum atomic E-state index is 6.06. The number of anilines is 1. The van der Waals surface area contributed by atoms with Crippen LogP contribution in [0, 0.1) is 5.92 Å². The second-order valence-electron chi connectivity index (χ2n) is 5.19. The molecule has 0 aromatic heterocycles. The molecule has 2 atom stereocenters. The van der Waals surface area contributed by atoms with Gasteiger partial charge in [-0.25, -0.2) is 0 Å². The van der Waals surface area contributed by atoms with Crippen LogP contribution in [0.3, 0.4) is 0 Å². The molecule has 0 radical (unpaired) electrons. The fourth-order valence-electron chi connectivity index (χ4n) is 2.58. The van der Waals surface area contributed by atoms with E-state index in [-0.39, 0.29) is 6.04 Å². The number of halogens is 1. The summed E-state index contributed by atoms with van der Waals surface area (Å²) >= 11 is 3.56. The van der Waals surface area contributed by atoms with Crippen molar-refractivity contribution in [1.82, 2.24) is 0 Å². The van der Waals surface area contributed by atoms with Gasteiger partial charge in [0.25, 0.3) is 0 Å². The van der Waals surface area contributed by atoms with Crippen LogP contribution in [0.2, 0.25) is 0 Å². The van der Waals surface area contributed by atoms with Gasteiger partial charge in [-0.05, 0) is 43.4 Å². The van der Waals surface area contributed by atoms with Crippen molar-refractivity contribution in [2.75, 3.05) is 18.0 Å². The molecule has 0 aliphatic carbocycles. The van der Waals surface area contributed by atoms with Gasteiger partial charge in [-0.15, -0.1) is 0 Å². The van der Waals surface area contributed by atoms with E-state index in [4.69, 9.17) is 5.73 Å². The highest BCUT2D eigenvalue weighted by molar-refractivity contribution is 9.10. The Morgan fingerprint density at radius 1 is 1.47 bits per heavy atom. The molecule has 17 heavy (non-hydrogen) atoms. The lowest BCUT2D eigenvalue weighted by molar-refractivity contribution is 0.445. The third kappa shape index (κ3) is 3.02. The van der Waals surface area contributed by atoms with Crippen molar-refractivity contribution < 1.29 is 0 Å². The van der Waals surface area contributed by atoms with Crippen LogP contribution in [0.1, 0.15) is 38.3 Å². The van der Waals surface area contributed by atoms with Crippen LogP contribution in [-0.2, 0) is 0 Å². The van der Waals surface area contributed by atoms with E-state index >= 15 is 0 Å². The molecule has 2 N–H and O–H groups in total.